The molecule has 2 rings (SSSR count). The van der Waals surface area contributed by atoms with Crippen molar-refractivity contribution in [1.29, 1.82) is 0 Å². The van der Waals surface area contributed by atoms with E-state index in [1.165, 1.54) is 148 Å². The number of aliphatic hydroxyl groups excluding tert-OH is 8. The van der Waals surface area contributed by atoms with Crippen LogP contribution in [-0.2, 0) is 23.7 Å². The first-order valence-electron chi connectivity index (χ1n) is 26.8. The monoisotopic (exact) mass is 934 g/mol. The molecule has 2 aliphatic heterocycles. The van der Waals surface area contributed by atoms with Gasteiger partial charge in [0.15, 0.2) is 12.6 Å². The van der Waals surface area contributed by atoms with Gasteiger partial charge in [-0.25, -0.2) is 0 Å². The number of unbranched alkanes of at least 4 members (excludes halogenated alkanes) is 29. The normalized spacial score (nSPS) is 26.9. The Hall–Kier alpha value is -1.01. The molecule has 9 N–H and O–H groups in total. The fourth-order valence-electron chi connectivity index (χ4n) is 9.18. The van der Waals surface area contributed by atoms with Crippen molar-refractivity contribution in [1.82, 2.24) is 5.32 Å². The molecule has 0 radical (unpaired) electrons. The molecular weight excluding hydrogens is 835 g/mol. The first-order chi connectivity index (χ1) is 31.6. The zero-order valence-electron chi connectivity index (χ0n) is 41.0. The van der Waals surface area contributed by atoms with Crippen LogP contribution in [0.1, 0.15) is 226 Å². The smallest absolute Gasteiger partial charge is 0.220 e. The van der Waals surface area contributed by atoms with Crippen LogP contribution in [0.2, 0.25) is 0 Å². The van der Waals surface area contributed by atoms with E-state index in [4.69, 9.17) is 18.9 Å². The van der Waals surface area contributed by atoms with Crippen LogP contribution in [0, 0.1) is 0 Å². The Kier molecular flexibility index (Phi) is 35.9. The number of hydrogen-bond donors (Lipinski definition) is 9. The van der Waals surface area contributed by atoms with E-state index in [2.05, 4.69) is 19.2 Å². The first kappa shape index (κ1) is 60.1. The SMILES string of the molecule is CCCCCCCCCCCCCCCCCCCCCCCC(=O)N[C@@H](CO[C@@H]1O[C@H](CO)[C@@H](O[C@@H]2O[C@H](CO)[C@H](O)C(O)C2O)C(O)C1O)[C@H](O)CCCCCCCCCCCC. The second-order valence-corrected chi connectivity index (χ2v) is 19.4. The molecule has 0 saturated carbocycles. The number of hydrogen-bond acceptors (Lipinski definition) is 13. The van der Waals surface area contributed by atoms with Gasteiger partial charge < -0.3 is 65.1 Å². The summed E-state index contributed by atoms with van der Waals surface area (Å²) in [6.07, 6.45) is 22.6. The highest BCUT2D eigenvalue weighted by atomic mass is 16.7. The molecule has 2 aliphatic rings. The molecule has 386 valence electrons. The van der Waals surface area contributed by atoms with Crippen molar-refractivity contribution in [3.8, 4) is 0 Å². The van der Waals surface area contributed by atoms with Crippen molar-refractivity contribution in [2.45, 2.75) is 299 Å². The Balaban J connectivity index is 1.75. The van der Waals surface area contributed by atoms with Gasteiger partial charge in [-0.05, 0) is 12.8 Å². The van der Waals surface area contributed by atoms with Crippen LogP contribution in [0.15, 0.2) is 0 Å². The Morgan fingerprint density at radius 1 is 0.492 bits per heavy atom. The van der Waals surface area contributed by atoms with Crippen molar-refractivity contribution in [2.75, 3.05) is 19.8 Å². The lowest BCUT2D eigenvalue weighted by molar-refractivity contribution is -0.359. The Labute approximate surface area is 393 Å². The summed E-state index contributed by atoms with van der Waals surface area (Å²) in [6, 6.07) is -0.820. The lowest BCUT2D eigenvalue weighted by Crippen LogP contribution is -2.65. The number of amides is 1. The predicted octanol–water partition coefficient (Wildman–Crippen LogP) is 7.39. The van der Waals surface area contributed by atoms with Gasteiger partial charge in [-0.15, -0.1) is 0 Å². The Bertz CT molecular complexity index is 1100. The van der Waals surface area contributed by atoms with Crippen LogP contribution in [-0.4, -0.2) is 140 Å². The fraction of sp³-hybridized carbons (Fsp3) is 0.980. The van der Waals surface area contributed by atoms with E-state index in [1.54, 1.807) is 0 Å². The minimum atomic E-state index is -1.78. The van der Waals surface area contributed by atoms with Gasteiger partial charge in [0.25, 0.3) is 0 Å². The van der Waals surface area contributed by atoms with Crippen molar-refractivity contribution in [2.24, 2.45) is 0 Å². The van der Waals surface area contributed by atoms with E-state index in [1.807, 2.05) is 0 Å². The molecule has 14 heteroatoms. The third-order valence-electron chi connectivity index (χ3n) is 13.6. The molecule has 0 spiro atoms. The van der Waals surface area contributed by atoms with Gasteiger partial charge in [0.2, 0.25) is 5.91 Å². The molecular formula is C51H99NO13. The minimum Gasteiger partial charge on any atom is -0.394 e. The summed E-state index contributed by atoms with van der Waals surface area (Å²) in [5.74, 6) is -0.204. The number of aliphatic hydroxyl groups is 8. The van der Waals surface area contributed by atoms with Gasteiger partial charge in [0.1, 0.15) is 48.8 Å². The maximum absolute atomic E-state index is 13.2. The molecule has 2 fully saturated rings. The summed E-state index contributed by atoms with van der Waals surface area (Å²) < 4.78 is 22.7. The lowest BCUT2D eigenvalue weighted by Gasteiger charge is -2.46. The topological polar surface area (TPSA) is 228 Å². The number of ether oxygens (including phenoxy) is 4. The molecule has 4 unspecified atom stereocenters. The molecule has 0 aromatic heterocycles. The van der Waals surface area contributed by atoms with Gasteiger partial charge in [0.05, 0.1) is 32.0 Å². The summed E-state index contributed by atoms with van der Waals surface area (Å²) in [6.45, 7) is 2.85. The first-order valence-corrected chi connectivity index (χ1v) is 26.8. The number of carbonyl (C=O) groups is 1. The molecule has 2 heterocycles. The summed E-state index contributed by atoms with van der Waals surface area (Å²) >= 11 is 0. The highest BCUT2D eigenvalue weighted by Gasteiger charge is 2.51. The third kappa shape index (κ3) is 26.0. The van der Waals surface area contributed by atoms with Crippen molar-refractivity contribution < 1.29 is 64.6 Å². The van der Waals surface area contributed by atoms with Crippen LogP contribution in [0.4, 0.5) is 0 Å². The Morgan fingerprint density at radius 2 is 0.877 bits per heavy atom. The van der Waals surface area contributed by atoms with E-state index >= 15 is 0 Å². The number of carbonyl (C=O) groups excluding carboxylic acids is 1. The average Bonchev–Trinajstić information content (AvgIpc) is 3.30. The molecule has 1 amide bonds. The number of rotatable bonds is 42. The van der Waals surface area contributed by atoms with Crippen molar-refractivity contribution in [3.63, 3.8) is 0 Å². The van der Waals surface area contributed by atoms with Crippen molar-refractivity contribution >= 4 is 5.91 Å². The van der Waals surface area contributed by atoms with Crippen LogP contribution in [0.25, 0.3) is 0 Å². The summed E-state index contributed by atoms with van der Waals surface area (Å²) in [5, 5.41) is 86.8. The molecule has 65 heavy (non-hydrogen) atoms. The van der Waals surface area contributed by atoms with Gasteiger partial charge >= 0.3 is 0 Å². The number of nitrogens with one attached hydrogen (secondary N) is 1. The summed E-state index contributed by atoms with van der Waals surface area (Å²) in [5.41, 5.74) is 0. The van der Waals surface area contributed by atoms with Crippen molar-refractivity contribution in [3.05, 3.63) is 0 Å². The Morgan fingerprint density at radius 3 is 1.31 bits per heavy atom. The largest absolute Gasteiger partial charge is 0.394 e. The maximum atomic E-state index is 13.2. The molecule has 0 aliphatic carbocycles. The van der Waals surface area contributed by atoms with Gasteiger partial charge in [-0.2, -0.15) is 0 Å². The van der Waals surface area contributed by atoms with Crippen LogP contribution < -0.4 is 5.32 Å². The average molecular weight is 934 g/mol. The molecule has 12 atom stereocenters. The molecule has 0 aromatic rings. The van der Waals surface area contributed by atoms with E-state index in [-0.39, 0.29) is 12.5 Å². The highest BCUT2D eigenvalue weighted by Crippen LogP contribution is 2.30. The third-order valence-corrected chi connectivity index (χ3v) is 13.6. The van der Waals surface area contributed by atoms with E-state index in [0.717, 1.165) is 51.4 Å². The zero-order chi connectivity index (χ0) is 47.5. The fourth-order valence-corrected chi connectivity index (χ4v) is 9.18. The molecule has 0 bridgehead atoms. The summed E-state index contributed by atoms with van der Waals surface area (Å²) in [4.78, 5) is 13.2. The highest BCUT2D eigenvalue weighted by molar-refractivity contribution is 5.76. The quantitative estimate of drug-likeness (QED) is 0.0273. The minimum absolute atomic E-state index is 0.204. The molecule has 0 aromatic carbocycles. The maximum Gasteiger partial charge on any atom is 0.220 e. The van der Waals surface area contributed by atoms with Crippen LogP contribution in [0.3, 0.4) is 0 Å². The lowest BCUT2D eigenvalue weighted by atomic mass is 9.97. The van der Waals surface area contributed by atoms with E-state index < -0.39 is 86.8 Å². The van der Waals surface area contributed by atoms with Crippen LogP contribution >= 0.6 is 0 Å². The zero-order valence-corrected chi connectivity index (χ0v) is 41.0. The van der Waals surface area contributed by atoms with Gasteiger partial charge in [0, 0.05) is 6.42 Å². The molecule has 2 saturated heterocycles. The summed E-state index contributed by atoms with van der Waals surface area (Å²) in [7, 11) is 0. The second-order valence-electron chi connectivity index (χ2n) is 19.4. The van der Waals surface area contributed by atoms with Crippen LogP contribution in [0.5, 0.6) is 0 Å². The van der Waals surface area contributed by atoms with E-state index in [9.17, 15) is 45.6 Å². The molecule has 14 nitrogen and oxygen atoms in total. The standard InChI is InChI=1S/C51H99NO13/c1-3-5-7-9-11-13-15-16-17-18-19-20-21-22-23-24-25-27-29-31-33-35-43(56)52-39(40(55)34-32-30-28-26-14-12-10-8-6-4-2)38-62-50-48(61)46(59)49(42(37-54)64-50)65-51-47(60)45(58)44(57)41(36-53)63-51/h39-42,44-51,53-55,57-61H,3-38H2,1-2H3,(H,52,56)/t39-,40+,41+,42+,44-,45?,46?,47?,48?,49+,50+,51-/m0/s1. The van der Waals surface area contributed by atoms with E-state index in [0.29, 0.717) is 12.8 Å². The van der Waals surface area contributed by atoms with Gasteiger partial charge in [-0.1, -0.05) is 206 Å². The van der Waals surface area contributed by atoms with Gasteiger partial charge in [-0.3, -0.25) is 4.79 Å². The predicted molar refractivity (Wildman–Crippen MR) is 254 cm³/mol. The second kappa shape index (κ2) is 38.8.